The van der Waals surface area contributed by atoms with Crippen LogP contribution in [0.4, 0.5) is 11.4 Å². The predicted molar refractivity (Wildman–Crippen MR) is 118 cm³/mol. The van der Waals surface area contributed by atoms with Crippen molar-refractivity contribution in [2.45, 2.75) is 39.7 Å². The van der Waals surface area contributed by atoms with Crippen LogP contribution in [0.25, 0.3) is 0 Å². The molecule has 0 fully saturated rings. The minimum Gasteiger partial charge on any atom is -0.468 e. The smallest absolute Gasteiger partial charge is 0.325 e. The van der Waals surface area contributed by atoms with Crippen LogP contribution in [0.1, 0.15) is 43.9 Å². The van der Waals surface area contributed by atoms with Gasteiger partial charge in [0.05, 0.1) is 24.5 Å². The van der Waals surface area contributed by atoms with Crippen LogP contribution in [0.5, 0.6) is 0 Å². The molecule has 2 aromatic rings. The van der Waals surface area contributed by atoms with Crippen LogP contribution in [-0.2, 0) is 14.3 Å². The van der Waals surface area contributed by atoms with Crippen molar-refractivity contribution in [2.75, 3.05) is 23.9 Å². The molecule has 0 radical (unpaired) electrons. The molecule has 0 saturated carbocycles. The van der Waals surface area contributed by atoms with Gasteiger partial charge in [0.15, 0.2) is 5.78 Å². The number of carbonyl (C=O) groups excluding carboxylic acids is 2. The topological polar surface area (TPSA) is 58.6 Å². The number of anilines is 2. The van der Waals surface area contributed by atoms with Gasteiger partial charge >= 0.3 is 5.97 Å². The summed E-state index contributed by atoms with van der Waals surface area (Å²) in [5.41, 5.74) is 5.49. The van der Waals surface area contributed by atoms with E-state index in [0.717, 1.165) is 40.2 Å². The standard InChI is InChI=1S/C25H28N2O3/c1-16-9-11-17(12-10-16)24-23-19(13-25(2,3)14-21(23)28)26-18-7-5-6-8-20(18)27(24)15-22(29)30-4/h5-12,24,26H,13-15H2,1-4H3/t24-/m0/s1. The number of rotatable bonds is 3. The SMILES string of the molecule is COC(=O)CN1c2ccccc2NC2=C(C(=O)CC(C)(C)C2)[C@@H]1c1ccc(C)cc1. The van der Waals surface area contributed by atoms with Gasteiger partial charge in [-0.05, 0) is 36.5 Å². The lowest BCUT2D eigenvalue weighted by Crippen LogP contribution is -2.39. The number of Topliss-reactive ketones (excluding diaryl/α,β-unsaturated/α-hetero) is 1. The summed E-state index contributed by atoms with van der Waals surface area (Å²) in [6.07, 6.45) is 1.26. The number of ether oxygens (including phenoxy) is 1. The van der Waals surface area contributed by atoms with Gasteiger partial charge < -0.3 is 15.0 Å². The van der Waals surface area contributed by atoms with E-state index in [1.165, 1.54) is 7.11 Å². The number of fused-ring (bicyclic) bond motifs is 1. The number of methoxy groups -OCH3 is 1. The average Bonchev–Trinajstić information content (AvgIpc) is 2.82. The lowest BCUT2D eigenvalue weighted by atomic mass is 9.73. The summed E-state index contributed by atoms with van der Waals surface area (Å²) in [5, 5.41) is 3.54. The van der Waals surface area contributed by atoms with E-state index in [-0.39, 0.29) is 29.8 Å². The zero-order valence-corrected chi connectivity index (χ0v) is 18.0. The molecule has 0 aromatic heterocycles. The number of benzene rings is 2. The van der Waals surface area contributed by atoms with Crippen molar-refractivity contribution in [1.29, 1.82) is 0 Å². The van der Waals surface area contributed by atoms with E-state index < -0.39 is 0 Å². The molecule has 1 heterocycles. The van der Waals surface area contributed by atoms with Crippen molar-refractivity contribution >= 4 is 23.1 Å². The Bertz CT molecular complexity index is 1020. The van der Waals surface area contributed by atoms with Gasteiger partial charge in [-0.25, -0.2) is 0 Å². The minimum absolute atomic E-state index is 0.0567. The van der Waals surface area contributed by atoms with Crippen LogP contribution in [0.15, 0.2) is 59.8 Å². The van der Waals surface area contributed by atoms with E-state index in [4.69, 9.17) is 4.74 Å². The summed E-state index contributed by atoms with van der Waals surface area (Å²) in [6.45, 7) is 6.35. The van der Waals surface area contributed by atoms with Crippen molar-refractivity contribution in [3.05, 3.63) is 70.9 Å². The maximum atomic E-state index is 13.5. The van der Waals surface area contributed by atoms with Gasteiger partial charge in [0.2, 0.25) is 0 Å². The second-order valence-corrected chi connectivity index (χ2v) is 8.99. The summed E-state index contributed by atoms with van der Waals surface area (Å²) in [5.74, 6) is -0.212. The van der Waals surface area contributed by atoms with Crippen molar-refractivity contribution in [3.8, 4) is 0 Å². The molecule has 0 spiro atoms. The molecular formula is C25H28N2O3. The number of carbonyl (C=O) groups is 2. The van der Waals surface area contributed by atoms with Gasteiger partial charge in [0.1, 0.15) is 6.54 Å². The lowest BCUT2D eigenvalue weighted by molar-refractivity contribution is -0.139. The van der Waals surface area contributed by atoms with Crippen molar-refractivity contribution in [2.24, 2.45) is 5.41 Å². The summed E-state index contributed by atoms with van der Waals surface area (Å²) in [6, 6.07) is 15.7. The molecular weight excluding hydrogens is 376 g/mol. The van der Waals surface area contributed by atoms with Gasteiger partial charge in [-0.3, -0.25) is 9.59 Å². The highest BCUT2D eigenvalue weighted by Crippen LogP contribution is 2.48. The number of esters is 1. The Morgan fingerprint density at radius 2 is 1.83 bits per heavy atom. The fraction of sp³-hybridized carbons (Fsp3) is 0.360. The zero-order chi connectivity index (χ0) is 21.5. The first-order valence-corrected chi connectivity index (χ1v) is 10.3. The highest BCUT2D eigenvalue weighted by Gasteiger charge is 2.41. The number of para-hydroxylation sites is 2. The minimum atomic E-state index is -0.362. The number of hydrogen-bond donors (Lipinski definition) is 1. The van der Waals surface area contributed by atoms with Crippen LogP contribution >= 0.6 is 0 Å². The predicted octanol–water partition coefficient (Wildman–Crippen LogP) is 4.78. The molecule has 2 aliphatic rings. The Morgan fingerprint density at radius 3 is 2.53 bits per heavy atom. The van der Waals surface area contributed by atoms with E-state index >= 15 is 0 Å². The van der Waals surface area contributed by atoms with Crippen molar-refractivity contribution in [3.63, 3.8) is 0 Å². The third-order valence-electron chi connectivity index (χ3n) is 5.92. The third-order valence-corrected chi connectivity index (χ3v) is 5.92. The molecule has 5 heteroatoms. The molecule has 0 bridgehead atoms. The van der Waals surface area contributed by atoms with E-state index in [2.05, 4.69) is 31.3 Å². The van der Waals surface area contributed by atoms with Crippen LogP contribution in [0, 0.1) is 12.3 Å². The zero-order valence-electron chi connectivity index (χ0n) is 18.0. The second-order valence-electron chi connectivity index (χ2n) is 8.99. The molecule has 1 aliphatic heterocycles. The highest BCUT2D eigenvalue weighted by molar-refractivity contribution is 6.01. The maximum Gasteiger partial charge on any atom is 0.325 e. The number of aryl methyl sites for hydroxylation is 1. The van der Waals surface area contributed by atoms with Crippen LogP contribution < -0.4 is 10.2 Å². The maximum absolute atomic E-state index is 13.5. The number of ketones is 1. The molecule has 5 nitrogen and oxygen atoms in total. The first-order chi connectivity index (χ1) is 14.3. The number of allylic oxidation sites excluding steroid dienone is 1. The van der Waals surface area contributed by atoms with Crippen LogP contribution in [0.2, 0.25) is 0 Å². The molecule has 1 aliphatic carbocycles. The monoisotopic (exact) mass is 404 g/mol. The average molecular weight is 405 g/mol. The Balaban J connectivity index is 1.96. The van der Waals surface area contributed by atoms with Gasteiger partial charge in [-0.2, -0.15) is 0 Å². The number of hydrogen-bond acceptors (Lipinski definition) is 5. The second kappa shape index (κ2) is 7.63. The summed E-state index contributed by atoms with van der Waals surface area (Å²) in [7, 11) is 1.39. The largest absolute Gasteiger partial charge is 0.468 e. The number of nitrogens with zero attached hydrogens (tertiary/aromatic N) is 1. The van der Waals surface area contributed by atoms with E-state index in [1.807, 2.05) is 48.2 Å². The Kier molecular flexibility index (Phi) is 5.14. The van der Waals surface area contributed by atoms with Crippen molar-refractivity contribution in [1.82, 2.24) is 0 Å². The Morgan fingerprint density at radius 1 is 1.13 bits per heavy atom. The molecule has 2 aromatic carbocycles. The molecule has 0 amide bonds. The molecule has 1 N–H and O–H groups in total. The quantitative estimate of drug-likeness (QED) is 0.746. The van der Waals surface area contributed by atoms with Crippen LogP contribution in [-0.4, -0.2) is 25.4 Å². The van der Waals surface area contributed by atoms with E-state index in [9.17, 15) is 9.59 Å². The van der Waals surface area contributed by atoms with Gasteiger partial charge in [-0.15, -0.1) is 0 Å². The third kappa shape index (κ3) is 3.72. The van der Waals surface area contributed by atoms with Crippen molar-refractivity contribution < 1.29 is 14.3 Å². The van der Waals surface area contributed by atoms with E-state index in [0.29, 0.717) is 6.42 Å². The molecule has 30 heavy (non-hydrogen) atoms. The fourth-order valence-corrected chi connectivity index (χ4v) is 4.53. The lowest BCUT2D eigenvalue weighted by Gasteiger charge is -2.37. The van der Waals surface area contributed by atoms with Gasteiger partial charge in [0.25, 0.3) is 0 Å². The molecule has 4 rings (SSSR count). The van der Waals surface area contributed by atoms with Gasteiger partial charge in [-0.1, -0.05) is 55.8 Å². The number of nitrogens with one attached hydrogen (secondary N) is 1. The Hall–Kier alpha value is -3.08. The molecule has 0 saturated heterocycles. The molecule has 0 unspecified atom stereocenters. The Labute approximate surface area is 177 Å². The summed E-state index contributed by atoms with van der Waals surface area (Å²) >= 11 is 0. The van der Waals surface area contributed by atoms with E-state index in [1.54, 1.807) is 0 Å². The highest BCUT2D eigenvalue weighted by atomic mass is 16.5. The fourth-order valence-electron chi connectivity index (χ4n) is 4.53. The summed E-state index contributed by atoms with van der Waals surface area (Å²) in [4.78, 5) is 27.8. The van der Waals surface area contributed by atoms with Crippen LogP contribution in [0.3, 0.4) is 0 Å². The first-order valence-electron chi connectivity index (χ1n) is 10.3. The normalized spacial score (nSPS) is 20.1. The molecule has 1 atom stereocenters. The van der Waals surface area contributed by atoms with Gasteiger partial charge in [0, 0.05) is 17.7 Å². The summed E-state index contributed by atoms with van der Waals surface area (Å²) < 4.78 is 5.01. The first kappa shape index (κ1) is 20.2. The molecule has 156 valence electrons.